The molecule has 0 fully saturated rings. The van der Waals surface area contributed by atoms with Gasteiger partial charge in [0.05, 0.1) is 0 Å². The zero-order chi connectivity index (χ0) is 11.7. The summed E-state index contributed by atoms with van der Waals surface area (Å²) in [5, 5.41) is 8.25. The first-order chi connectivity index (χ1) is 8.38. The first-order valence-electron chi connectivity index (χ1n) is 5.32. The molecule has 5 heteroatoms. The zero-order valence-corrected chi connectivity index (χ0v) is 9.11. The third kappa shape index (κ3) is 1.66. The molecule has 0 saturated carbocycles. The SMILES string of the molecule is NCc1ccc(-c2nnc3ccncn23)cc1. The highest BCUT2D eigenvalue weighted by Gasteiger charge is 2.06. The molecule has 0 aliphatic rings. The standard InChI is InChI=1S/C12H11N5/c13-7-9-1-3-10(4-2-9)12-16-15-11-5-6-14-8-17(11)12/h1-6,8H,7,13H2. The van der Waals surface area contributed by atoms with E-state index in [1.807, 2.05) is 34.7 Å². The molecule has 17 heavy (non-hydrogen) atoms. The number of aromatic nitrogens is 4. The minimum absolute atomic E-state index is 0.544. The molecule has 0 bridgehead atoms. The van der Waals surface area contributed by atoms with Gasteiger partial charge in [0.1, 0.15) is 6.33 Å². The summed E-state index contributed by atoms with van der Waals surface area (Å²) < 4.78 is 1.86. The second-order valence-electron chi connectivity index (χ2n) is 3.73. The van der Waals surface area contributed by atoms with Gasteiger partial charge in [-0.25, -0.2) is 4.98 Å². The number of fused-ring (bicyclic) bond motifs is 1. The van der Waals surface area contributed by atoms with Crippen molar-refractivity contribution in [1.29, 1.82) is 0 Å². The molecule has 0 aliphatic heterocycles. The summed E-state index contributed by atoms with van der Waals surface area (Å²) in [6.07, 6.45) is 3.41. The van der Waals surface area contributed by atoms with Crippen LogP contribution in [0.4, 0.5) is 0 Å². The molecule has 2 aromatic heterocycles. The second kappa shape index (κ2) is 3.95. The average molecular weight is 225 g/mol. The van der Waals surface area contributed by atoms with Gasteiger partial charge in [0.2, 0.25) is 0 Å². The van der Waals surface area contributed by atoms with Crippen LogP contribution in [0.3, 0.4) is 0 Å². The molecule has 0 spiro atoms. The lowest BCUT2D eigenvalue weighted by molar-refractivity contribution is 1.06. The van der Waals surface area contributed by atoms with Crippen LogP contribution in [0.2, 0.25) is 0 Å². The molecule has 0 atom stereocenters. The number of hydrogen-bond acceptors (Lipinski definition) is 4. The van der Waals surface area contributed by atoms with Gasteiger partial charge in [-0.05, 0) is 5.56 Å². The van der Waals surface area contributed by atoms with Gasteiger partial charge in [-0.3, -0.25) is 4.40 Å². The molecular formula is C12H11N5. The minimum atomic E-state index is 0.544. The summed E-state index contributed by atoms with van der Waals surface area (Å²) in [5.74, 6) is 0.789. The van der Waals surface area contributed by atoms with E-state index in [1.54, 1.807) is 12.5 Å². The lowest BCUT2D eigenvalue weighted by Gasteiger charge is -2.00. The molecule has 5 nitrogen and oxygen atoms in total. The van der Waals surface area contributed by atoms with Crippen LogP contribution in [0.15, 0.2) is 42.9 Å². The first-order valence-corrected chi connectivity index (χ1v) is 5.32. The van der Waals surface area contributed by atoms with Crippen LogP contribution in [-0.4, -0.2) is 19.6 Å². The normalized spacial score (nSPS) is 10.9. The van der Waals surface area contributed by atoms with E-state index in [2.05, 4.69) is 15.2 Å². The number of benzene rings is 1. The molecule has 3 aromatic rings. The third-order valence-corrected chi connectivity index (χ3v) is 2.66. The van der Waals surface area contributed by atoms with E-state index in [0.717, 1.165) is 22.6 Å². The summed E-state index contributed by atoms with van der Waals surface area (Å²) >= 11 is 0. The summed E-state index contributed by atoms with van der Waals surface area (Å²) in [5.41, 5.74) is 8.46. The van der Waals surface area contributed by atoms with E-state index < -0.39 is 0 Å². The van der Waals surface area contributed by atoms with Crippen LogP contribution >= 0.6 is 0 Å². The Hall–Kier alpha value is -2.27. The molecule has 0 saturated heterocycles. The molecule has 2 N–H and O–H groups in total. The van der Waals surface area contributed by atoms with E-state index in [0.29, 0.717) is 6.54 Å². The van der Waals surface area contributed by atoms with Crippen molar-refractivity contribution in [1.82, 2.24) is 19.6 Å². The number of hydrogen-bond donors (Lipinski definition) is 1. The maximum atomic E-state index is 5.57. The second-order valence-corrected chi connectivity index (χ2v) is 3.73. The predicted molar refractivity (Wildman–Crippen MR) is 64.1 cm³/mol. The summed E-state index contributed by atoms with van der Waals surface area (Å²) in [7, 11) is 0. The van der Waals surface area contributed by atoms with E-state index in [9.17, 15) is 0 Å². The molecule has 2 heterocycles. The molecule has 1 aromatic carbocycles. The van der Waals surface area contributed by atoms with E-state index in [-0.39, 0.29) is 0 Å². The highest BCUT2D eigenvalue weighted by molar-refractivity contribution is 5.59. The average Bonchev–Trinajstić information content (AvgIpc) is 2.83. The van der Waals surface area contributed by atoms with Gasteiger partial charge >= 0.3 is 0 Å². The Kier molecular flexibility index (Phi) is 2.31. The van der Waals surface area contributed by atoms with Crippen molar-refractivity contribution in [3.05, 3.63) is 48.4 Å². The Morgan fingerprint density at radius 1 is 1.06 bits per heavy atom. The highest BCUT2D eigenvalue weighted by atomic mass is 15.3. The third-order valence-electron chi connectivity index (χ3n) is 2.66. The first kappa shape index (κ1) is 9.92. The number of rotatable bonds is 2. The lowest BCUT2D eigenvalue weighted by Crippen LogP contribution is -1.96. The summed E-state index contributed by atoms with van der Waals surface area (Å²) in [6, 6.07) is 9.79. The van der Waals surface area contributed by atoms with E-state index in [1.165, 1.54) is 0 Å². The smallest absolute Gasteiger partial charge is 0.169 e. The highest BCUT2D eigenvalue weighted by Crippen LogP contribution is 2.18. The predicted octanol–water partition coefficient (Wildman–Crippen LogP) is 1.25. The van der Waals surface area contributed by atoms with Crippen molar-refractivity contribution in [2.75, 3.05) is 0 Å². The Balaban J connectivity index is 2.13. The van der Waals surface area contributed by atoms with Crippen LogP contribution in [0.25, 0.3) is 17.0 Å². The van der Waals surface area contributed by atoms with Crippen molar-refractivity contribution in [3.63, 3.8) is 0 Å². The fourth-order valence-electron chi connectivity index (χ4n) is 1.73. The monoisotopic (exact) mass is 225 g/mol. The fraction of sp³-hybridized carbons (Fsp3) is 0.0833. The van der Waals surface area contributed by atoms with Gasteiger partial charge in [0.25, 0.3) is 0 Å². The number of nitrogens with two attached hydrogens (primary N) is 1. The van der Waals surface area contributed by atoms with Crippen LogP contribution in [0, 0.1) is 0 Å². The molecule has 0 amide bonds. The van der Waals surface area contributed by atoms with Crippen LogP contribution < -0.4 is 5.73 Å². The minimum Gasteiger partial charge on any atom is -0.326 e. The van der Waals surface area contributed by atoms with Gasteiger partial charge < -0.3 is 5.73 Å². The molecule has 3 rings (SSSR count). The summed E-state index contributed by atoms with van der Waals surface area (Å²) in [6.45, 7) is 0.544. The Morgan fingerprint density at radius 3 is 2.65 bits per heavy atom. The van der Waals surface area contributed by atoms with Gasteiger partial charge in [-0.1, -0.05) is 24.3 Å². The topological polar surface area (TPSA) is 69.1 Å². The van der Waals surface area contributed by atoms with Gasteiger partial charge in [-0.15, -0.1) is 10.2 Å². The Bertz CT molecular complexity index is 641. The molecular weight excluding hydrogens is 214 g/mol. The van der Waals surface area contributed by atoms with Gasteiger partial charge in [0, 0.05) is 24.4 Å². The molecule has 84 valence electrons. The van der Waals surface area contributed by atoms with Crippen LogP contribution in [0.5, 0.6) is 0 Å². The maximum Gasteiger partial charge on any atom is 0.169 e. The molecule has 0 unspecified atom stereocenters. The Morgan fingerprint density at radius 2 is 1.88 bits per heavy atom. The fourth-order valence-corrected chi connectivity index (χ4v) is 1.73. The summed E-state index contributed by atoms with van der Waals surface area (Å²) in [4.78, 5) is 4.07. The largest absolute Gasteiger partial charge is 0.326 e. The van der Waals surface area contributed by atoms with Crippen molar-refractivity contribution in [2.45, 2.75) is 6.54 Å². The van der Waals surface area contributed by atoms with Crippen LogP contribution in [0.1, 0.15) is 5.56 Å². The molecule has 0 aliphatic carbocycles. The van der Waals surface area contributed by atoms with E-state index in [4.69, 9.17) is 5.73 Å². The quantitative estimate of drug-likeness (QED) is 0.712. The van der Waals surface area contributed by atoms with Crippen molar-refractivity contribution < 1.29 is 0 Å². The Labute approximate surface area is 97.9 Å². The maximum absolute atomic E-state index is 5.57. The van der Waals surface area contributed by atoms with Gasteiger partial charge in [-0.2, -0.15) is 0 Å². The van der Waals surface area contributed by atoms with Gasteiger partial charge in [0.15, 0.2) is 11.5 Å². The van der Waals surface area contributed by atoms with Crippen LogP contribution in [-0.2, 0) is 6.54 Å². The number of nitrogens with zero attached hydrogens (tertiary/aromatic N) is 4. The molecule has 0 radical (unpaired) electrons. The van der Waals surface area contributed by atoms with Crippen molar-refractivity contribution in [3.8, 4) is 11.4 Å². The van der Waals surface area contributed by atoms with Crippen molar-refractivity contribution in [2.24, 2.45) is 5.73 Å². The van der Waals surface area contributed by atoms with E-state index >= 15 is 0 Å². The van der Waals surface area contributed by atoms with Crippen molar-refractivity contribution >= 4 is 5.65 Å². The lowest BCUT2D eigenvalue weighted by atomic mass is 10.1. The zero-order valence-electron chi connectivity index (χ0n) is 9.11.